The molecule has 1 fully saturated rings. The van der Waals surface area contributed by atoms with Gasteiger partial charge < -0.3 is 15.7 Å². The van der Waals surface area contributed by atoms with Crippen LogP contribution >= 0.6 is 15.9 Å². The highest BCUT2D eigenvalue weighted by atomic mass is 79.9. The molecule has 0 saturated carbocycles. The lowest BCUT2D eigenvalue weighted by atomic mass is 9.96. The monoisotopic (exact) mass is 329 g/mol. The first-order valence-corrected chi connectivity index (χ1v) is 6.96. The van der Waals surface area contributed by atoms with E-state index < -0.39 is 5.82 Å². The second kappa shape index (κ2) is 5.46. The molecule has 1 aromatic rings. The lowest BCUT2D eigenvalue weighted by Gasteiger charge is -2.36. The number of rotatable bonds is 2. The van der Waals surface area contributed by atoms with Gasteiger partial charge >= 0.3 is 0 Å². The number of halogens is 2. The molecule has 1 saturated heterocycles. The van der Waals surface area contributed by atoms with Crippen LogP contribution in [-0.2, 0) is 0 Å². The average Bonchev–Trinajstić information content (AvgIpc) is 2.36. The Morgan fingerprint density at radius 1 is 1.58 bits per heavy atom. The second-order valence-electron chi connectivity index (χ2n) is 4.95. The molecule has 0 radical (unpaired) electrons. The van der Waals surface area contributed by atoms with Crippen LogP contribution in [0, 0.1) is 17.1 Å². The standard InChI is InChI=1S/C13H17BrFN3O/c1-7-6-18(5-4-10(7)19)9-3-2-8(13(16)17)11(14)12(9)15/h2-3,7,10,19H,4-6H2,1H3,(H3,16,17). The molecular weight excluding hydrogens is 313 g/mol. The fourth-order valence-corrected chi connectivity index (χ4v) is 2.89. The number of amidine groups is 1. The SMILES string of the molecule is CC1CN(c2ccc(C(=N)N)c(Br)c2F)CCC1O. The molecule has 0 bridgehead atoms. The van der Waals surface area contributed by atoms with Gasteiger partial charge in [-0.2, -0.15) is 0 Å². The number of aliphatic hydroxyl groups excluding tert-OH is 1. The van der Waals surface area contributed by atoms with Crippen molar-refractivity contribution in [2.75, 3.05) is 18.0 Å². The summed E-state index contributed by atoms with van der Waals surface area (Å²) < 4.78 is 14.5. The average molecular weight is 330 g/mol. The quantitative estimate of drug-likeness (QED) is 0.574. The van der Waals surface area contributed by atoms with Gasteiger partial charge in [0.25, 0.3) is 0 Å². The molecule has 0 amide bonds. The van der Waals surface area contributed by atoms with Crippen molar-refractivity contribution in [2.45, 2.75) is 19.4 Å². The molecule has 1 aliphatic rings. The molecule has 4 nitrogen and oxygen atoms in total. The van der Waals surface area contributed by atoms with Gasteiger partial charge in [0.15, 0.2) is 5.82 Å². The predicted molar refractivity (Wildman–Crippen MR) is 77.1 cm³/mol. The fraction of sp³-hybridized carbons (Fsp3) is 0.462. The van der Waals surface area contributed by atoms with Crippen molar-refractivity contribution >= 4 is 27.5 Å². The molecule has 1 heterocycles. The van der Waals surface area contributed by atoms with Crippen molar-refractivity contribution in [3.8, 4) is 0 Å². The highest BCUT2D eigenvalue weighted by Crippen LogP contribution is 2.31. The van der Waals surface area contributed by atoms with Crippen molar-refractivity contribution in [3.63, 3.8) is 0 Å². The van der Waals surface area contributed by atoms with Gasteiger partial charge in [0.1, 0.15) is 5.84 Å². The molecule has 2 atom stereocenters. The van der Waals surface area contributed by atoms with Crippen LogP contribution in [0.25, 0.3) is 0 Å². The number of benzene rings is 1. The highest BCUT2D eigenvalue weighted by molar-refractivity contribution is 9.10. The second-order valence-corrected chi connectivity index (χ2v) is 5.75. The van der Waals surface area contributed by atoms with Crippen LogP contribution in [0.5, 0.6) is 0 Å². The molecule has 104 valence electrons. The Balaban J connectivity index is 2.31. The fourth-order valence-electron chi connectivity index (χ4n) is 2.34. The van der Waals surface area contributed by atoms with Crippen LogP contribution in [0.1, 0.15) is 18.9 Å². The molecule has 2 unspecified atom stereocenters. The van der Waals surface area contributed by atoms with Gasteiger partial charge in [-0.1, -0.05) is 6.92 Å². The maximum Gasteiger partial charge on any atom is 0.161 e. The Hall–Kier alpha value is -1.14. The normalized spacial score (nSPS) is 23.5. The maximum atomic E-state index is 14.3. The van der Waals surface area contributed by atoms with Gasteiger partial charge in [-0.3, -0.25) is 5.41 Å². The lowest BCUT2D eigenvalue weighted by molar-refractivity contribution is 0.0969. The summed E-state index contributed by atoms with van der Waals surface area (Å²) in [4.78, 5) is 1.92. The Morgan fingerprint density at radius 3 is 2.84 bits per heavy atom. The molecule has 0 spiro atoms. The zero-order valence-electron chi connectivity index (χ0n) is 10.7. The van der Waals surface area contributed by atoms with Gasteiger partial charge in [0.2, 0.25) is 0 Å². The van der Waals surface area contributed by atoms with E-state index in [-0.39, 0.29) is 22.3 Å². The summed E-state index contributed by atoms with van der Waals surface area (Å²) in [6, 6.07) is 3.28. The van der Waals surface area contributed by atoms with E-state index in [1.54, 1.807) is 12.1 Å². The van der Waals surface area contributed by atoms with E-state index in [0.717, 1.165) is 0 Å². The van der Waals surface area contributed by atoms with E-state index >= 15 is 0 Å². The topological polar surface area (TPSA) is 73.3 Å². The van der Waals surface area contributed by atoms with Crippen molar-refractivity contribution in [2.24, 2.45) is 11.7 Å². The molecule has 2 rings (SSSR count). The van der Waals surface area contributed by atoms with E-state index in [1.807, 2.05) is 11.8 Å². The van der Waals surface area contributed by atoms with Crippen LogP contribution in [-0.4, -0.2) is 30.1 Å². The van der Waals surface area contributed by atoms with Gasteiger partial charge in [0, 0.05) is 18.7 Å². The Kier molecular flexibility index (Phi) is 4.10. The van der Waals surface area contributed by atoms with Crippen LogP contribution in [0.15, 0.2) is 16.6 Å². The summed E-state index contributed by atoms with van der Waals surface area (Å²) in [5.74, 6) is -0.463. The Labute approximate surface area is 120 Å². The zero-order valence-corrected chi connectivity index (χ0v) is 12.2. The molecular formula is C13H17BrFN3O. The number of piperidine rings is 1. The van der Waals surface area contributed by atoms with Gasteiger partial charge in [0.05, 0.1) is 16.3 Å². The summed E-state index contributed by atoms with van der Waals surface area (Å²) in [6.45, 7) is 3.19. The number of nitrogens with one attached hydrogen (secondary N) is 1. The lowest BCUT2D eigenvalue weighted by Crippen LogP contribution is -2.42. The third-order valence-corrected chi connectivity index (χ3v) is 4.33. The van der Waals surface area contributed by atoms with Gasteiger partial charge in [-0.15, -0.1) is 0 Å². The smallest absolute Gasteiger partial charge is 0.161 e. The van der Waals surface area contributed by atoms with E-state index in [4.69, 9.17) is 11.1 Å². The first kappa shape index (κ1) is 14.3. The summed E-state index contributed by atoms with van der Waals surface area (Å²) >= 11 is 3.15. The number of anilines is 1. The Bertz CT molecular complexity index is 509. The summed E-state index contributed by atoms with van der Waals surface area (Å²) in [6.07, 6.45) is 0.311. The summed E-state index contributed by atoms with van der Waals surface area (Å²) in [7, 11) is 0. The van der Waals surface area contributed by atoms with Crippen LogP contribution in [0.3, 0.4) is 0 Å². The molecule has 1 aliphatic heterocycles. The third kappa shape index (κ3) is 2.74. The molecule has 4 N–H and O–H groups in total. The first-order chi connectivity index (χ1) is 8.91. The van der Waals surface area contributed by atoms with Gasteiger partial charge in [-0.05, 0) is 40.4 Å². The molecule has 1 aromatic carbocycles. The predicted octanol–water partition coefficient (Wildman–Crippen LogP) is 2.08. The van der Waals surface area contributed by atoms with E-state index in [2.05, 4.69) is 15.9 Å². The molecule has 19 heavy (non-hydrogen) atoms. The first-order valence-electron chi connectivity index (χ1n) is 6.17. The summed E-state index contributed by atoms with van der Waals surface area (Å²) in [5, 5.41) is 17.1. The number of nitrogens with zero attached hydrogens (tertiary/aromatic N) is 1. The minimum absolute atomic E-state index is 0.111. The van der Waals surface area contributed by atoms with Crippen molar-refractivity contribution in [1.29, 1.82) is 5.41 Å². The Morgan fingerprint density at radius 2 is 2.26 bits per heavy atom. The van der Waals surface area contributed by atoms with Gasteiger partial charge in [-0.25, -0.2) is 4.39 Å². The molecule has 0 aromatic heterocycles. The third-order valence-electron chi connectivity index (χ3n) is 3.55. The molecule has 0 aliphatic carbocycles. The van der Waals surface area contributed by atoms with Crippen molar-refractivity contribution < 1.29 is 9.50 Å². The van der Waals surface area contributed by atoms with Crippen LogP contribution < -0.4 is 10.6 Å². The molecule has 6 heteroatoms. The largest absolute Gasteiger partial charge is 0.393 e. The minimum atomic E-state index is -0.406. The number of nitrogen functional groups attached to an aromatic ring is 1. The van der Waals surface area contributed by atoms with Crippen LogP contribution in [0.2, 0.25) is 0 Å². The number of nitrogens with two attached hydrogens (primary N) is 1. The minimum Gasteiger partial charge on any atom is -0.393 e. The van der Waals surface area contributed by atoms with Crippen molar-refractivity contribution in [3.05, 3.63) is 28.0 Å². The maximum absolute atomic E-state index is 14.3. The van der Waals surface area contributed by atoms with Crippen molar-refractivity contribution in [1.82, 2.24) is 0 Å². The van der Waals surface area contributed by atoms with Crippen LogP contribution in [0.4, 0.5) is 10.1 Å². The van der Waals surface area contributed by atoms with E-state index in [1.165, 1.54) is 0 Å². The summed E-state index contributed by atoms with van der Waals surface area (Å²) in [5.41, 5.74) is 6.23. The number of hydrogen-bond donors (Lipinski definition) is 3. The zero-order chi connectivity index (χ0) is 14.2. The van der Waals surface area contributed by atoms with E-state index in [9.17, 15) is 9.50 Å². The highest BCUT2D eigenvalue weighted by Gasteiger charge is 2.26. The van der Waals surface area contributed by atoms with E-state index in [0.29, 0.717) is 30.8 Å². The number of hydrogen-bond acceptors (Lipinski definition) is 3. The number of aliphatic hydroxyl groups is 1.